The summed E-state index contributed by atoms with van der Waals surface area (Å²) in [7, 11) is 8.35. The van der Waals surface area contributed by atoms with Gasteiger partial charge in [-0.15, -0.1) is 0 Å². The van der Waals surface area contributed by atoms with Crippen molar-refractivity contribution >= 4 is 50.2 Å². The van der Waals surface area contributed by atoms with Crippen LogP contribution in [0.1, 0.15) is 11.1 Å². The van der Waals surface area contributed by atoms with Crippen LogP contribution in [0.25, 0.3) is 33.0 Å². The van der Waals surface area contributed by atoms with Crippen molar-refractivity contribution in [1.82, 2.24) is 39.7 Å². The Morgan fingerprint density at radius 1 is 0.769 bits per heavy atom. The SMILES string of the molecule is CN(C)CCc1c[nH]c2ccc(N)cc12.CN(C)CCc1c[nH]c2ccc(Nc3ncnc4[nH]cnc34)cc12. The molecule has 202 valence electrons. The highest BCUT2D eigenvalue weighted by molar-refractivity contribution is 5.90. The molecule has 4 aromatic heterocycles. The molecule has 10 nitrogen and oxygen atoms in total. The number of H-pyrrole nitrogens is 3. The summed E-state index contributed by atoms with van der Waals surface area (Å²) in [4.78, 5) is 26.7. The van der Waals surface area contributed by atoms with E-state index in [1.807, 2.05) is 24.3 Å². The predicted molar refractivity (Wildman–Crippen MR) is 160 cm³/mol. The fraction of sp³-hybridized carbons (Fsp3) is 0.276. The largest absolute Gasteiger partial charge is 0.399 e. The van der Waals surface area contributed by atoms with E-state index in [9.17, 15) is 0 Å². The zero-order valence-electron chi connectivity index (χ0n) is 22.9. The Morgan fingerprint density at radius 2 is 1.41 bits per heavy atom. The van der Waals surface area contributed by atoms with Gasteiger partial charge in [0.15, 0.2) is 17.0 Å². The smallest absolute Gasteiger partial charge is 0.162 e. The maximum atomic E-state index is 5.78. The van der Waals surface area contributed by atoms with E-state index in [1.165, 1.54) is 28.2 Å². The highest BCUT2D eigenvalue weighted by Gasteiger charge is 2.09. The molecule has 0 unspecified atom stereocenters. The molecule has 0 aliphatic heterocycles. The first kappa shape index (κ1) is 26.2. The lowest BCUT2D eigenvalue weighted by molar-refractivity contribution is 0.414. The van der Waals surface area contributed by atoms with Gasteiger partial charge in [-0.1, -0.05) is 0 Å². The number of nitrogens with zero attached hydrogens (tertiary/aromatic N) is 5. The monoisotopic (exact) mass is 524 g/mol. The van der Waals surface area contributed by atoms with Gasteiger partial charge in [-0.3, -0.25) is 0 Å². The summed E-state index contributed by atoms with van der Waals surface area (Å²) >= 11 is 0. The van der Waals surface area contributed by atoms with Crippen LogP contribution in [0.5, 0.6) is 0 Å². The van der Waals surface area contributed by atoms with Gasteiger partial charge in [-0.05, 0) is 88.6 Å². The molecule has 0 saturated carbocycles. The van der Waals surface area contributed by atoms with Crippen LogP contribution in [-0.4, -0.2) is 81.0 Å². The molecular formula is C29H36N10. The number of likely N-dealkylation sites (N-methyl/N-ethyl adjacent to an activating group) is 2. The number of aromatic amines is 3. The highest BCUT2D eigenvalue weighted by Crippen LogP contribution is 2.26. The minimum absolute atomic E-state index is 0.700. The van der Waals surface area contributed by atoms with Gasteiger partial charge in [-0.2, -0.15) is 0 Å². The van der Waals surface area contributed by atoms with Crippen molar-refractivity contribution in [1.29, 1.82) is 0 Å². The Morgan fingerprint density at radius 3 is 2.08 bits per heavy atom. The number of fused-ring (bicyclic) bond motifs is 3. The Hall–Kier alpha value is -4.41. The number of aromatic nitrogens is 6. The Bertz CT molecular complexity index is 1670. The minimum Gasteiger partial charge on any atom is -0.399 e. The van der Waals surface area contributed by atoms with Crippen LogP contribution < -0.4 is 11.1 Å². The quantitative estimate of drug-likeness (QED) is 0.185. The summed E-state index contributed by atoms with van der Waals surface area (Å²) in [5, 5.41) is 5.83. The standard InChI is InChI=1S/C17H19N7.C12H17N3/c1-24(2)6-5-11-8-18-14-4-3-12(7-13(11)14)23-17-15-16(20-9-19-15)21-10-22-17;1-15(2)6-5-9-8-14-12-4-3-10(13)7-11(9)12/h3-4,7-10,18H,5-6H2,1-2H3,(H2,19,20,21,22,23);3-4,7-8,14H,5-6,13H2,1-2H3. The summed E-state index contributed by atoms with van der Waals surface area (Å²) in [5.41, 5.74) is 14.0. The minimum atomic E-state index is 0.700. The van der Waals surface area contributed by atoms with Gasteiger partial charge >= 0.3 is 0 Å². The van der Waals surface area contributed by atoms with Crippen LogP contribution in [0.2, 0.25) is 0 Å². The molecule has 0 aliphatic carbocycles. The summed E-state index contributed by atoms with van der Waals surface area (Å²) < 4.78 is 0. The van der Waals surface area contributed by atoms with Gasteiger partial charge < -0.3 is 35.8 Å². The second-order valence-electron chi connectivity index (χ2n) is 10.2. The maximum Gasteiger partial charge on any atom is 0.162 e. The number of benzene rings is 2. The number of rotatable bonds is 8. The van der Waals surface area contributed by atoms with E-state index >= 15 is 0 Å². The third-order valence-corrected chi connectivity index (χ3v) is 6.70. The first-order valence-corrected chi connectivity index (χ1v) is 13.0. The highest BCUT2D eigenvalue weighted by atomic mass is 15.1. The average molecular weight is 525 g/mol. The molecule has 39 heavy (non-hydrogen) atoms. The lowest BCUT2D eigenvalue weighted by Gasteiger charge is -2.09. The number of nitrogen functional groups attached to an aromatic ring is 1. The third-order valence-electron chi connectivity index (χ3n) is 6.70. The van der Waals surface area contributed by atoms with Crippen molar-refractivity contribution in [2.75, 3.05) is 52.3 Å². The van der Waals surface area contributed by atoms with Gasteiger partial charge in [0.1, 0.15) is 6.33 Å². The molecule has 2 aromatic carbocycles. The second kappa shape index (κ2) is 11.5. The molecule has 10 heteroatoms. The van der Waals surface area contributed by atoms with Crippen molar-refractivity contribution in [3.8, 4) is 0 Å². The summed E-state index contributed by atoms with van der Waals surface area (Å²) in [5.74, 6) is 0.700. The third kappa shape index (κ3) is 6.19. The number of hydrogen-bond donors (Lipinski definition) is 5. The maximum absolute atomic E-state index is 5.78. The zero-order valence-corrected chi connectivity index (χ0v) is 22.9. The molecule has 6 N–H and O–H groups in total. The average Bonchev–Trinajstić information content (AvgIpc) is 3.65. The molecule has 0 atom stereocenters. The first-order valence-electron chi connectivity index (χ1n) is 13.0. The van der Waals surface area contributed by atoms with E-state index in [-0.39, 0.29) is 0 Å². The molecule has 0 bridgehead atoms. The molecule has 0 fully saturated rings. The van der Waals surface area contributed by atoms with Crippen LogP contribution in [0.3, 0.4) is 0 Å². The molecule has 0 radical (unpaired) electrons. The molecule has 0 spiro atoms. The number of nitrogens with two attached hydrogens (primary N) is 1. The molecule has 0 aliphatic rings. The summed E-state index contributed by atoms with van der Waals surface area (Å²) in [6.07, 6.45) is 9.38. The number of nitrogens with one attached hydrogen (secondary N) is 4. The van der Waals surface area contributed by atoms with E-state index in [0.29, 0.717) is 5.82 Å². The van der Waals surface area contributed by atoms with E-state index in [0.717, 1.165) is 59.5 Å². The molecule has 6 rings (SSSR count). The Balaban J connectivity index is 0.000000177. The van der Waals surface area contributed by atoms with Crippen LogP contribution in [0.4, 0.5) is 17.2 Å². The molecule has 4 heterocycles. The van der Waals surface area contributed by atoms with Crippen LogP contribution in [0.15, 0.2) is 61.4 Å². The van der Waals surface area contributed by atoms with Crippen molar-refractivity contribution in [3.63, 3.8) is 0 Å². The fourth-order valence-corrected chi connectivity index (χ4v) is 4.55. The first-order chi connectivity index (χ1) is 18.9. The Kier molecular flexibility index (Phi) is 7.76. The van der Waals surface area contributed by atoms with E-state index in [1.54, 1.807) is 6.33 Å². The molecular weight excluding hydrogens is 488 g/mol. The normalized spacial score (nSPS) is 11.5. The summed E-state index contributed by atoms with van der Waals surface area (Å²) in [6.45, 7) is 2.08. The van der Waals surface area contributed by atoms with Gasteiger partial charge in [-0.25, -0.2) is 15.0 Å². The number of hydrogen-bond acceptors (Lipinski definition) is 7. The van der Waals surface area contributed by atoms with Gasteiger partial charge in [0.05, 0.1) is 6.33 Å². The summed E-state index contributed by atoms with van der Waals surface area (Å²) in [6, 6.07) is 12.3. The van der Waals surface area contributed by atoms with Crippen LogP contribution >= 0.6 is 0 Å². The number of imidazole rings is 1. The number of anilines is 3. The van der Waals surface area contributed by atoms with Gasteiger partial charge in [0.25, 0.3) is 0 Å². The molecule has 6 aromatic rings. The van der Waals surface area contributed by atoms with E-state index < -0.39 is 0 Å². The second-order valence-corrected chi connectivity index (χ2v) is 10.2. The van der Waals surface area contributed by atoms with Crippen LogP contribution in [-0.2, 0) is 12.8 Å². The van der Waals surface area contributed by atoms with Gasteiger partial charge in [0, 0.05) is 58.7 Å². The van der Waals surface area contributed by atoms with Crippen molar-refractivity contribution in [2.45, 2.75) is 12.8 Å². The lowest BCUT2D eigenvalue weighted by atomic mass is 10.1. The van der Waals surface area contributed by atoms with Crippen molar-refractivity contribution in [3.05, 3.63) is 72.6 Å². The van der Waals surface area contributed by atoms with E-state index in [2.05, 4.69) is 97.7 Å². The van der Waals surface area contributed by atoms with Gasteiger partial charge in [0.2, 0.25) is 0 Å². The Labute approximate surface area is 227 Å². The zero-order chi connectivity index (χ0) is 27.4. The van der Waals surface area contributed by atoms with Crippen LogP contribution in [0, 0.1) is 0 Å². The topological polar surface area (TPSA) is 131 Å². The van der Waals surface area contributed by atoms with E-state index in [4.69, 9.17) is 5.73 Å². The van der Waals surface area contributed by atoms with Crippen molar-refractivity contribution < 1.29 is 0 Å². The molecule has 0 amide bonds. The van der Waals surface area contributed by atoms with Crippen molar-refractivity contribution in [2.24, 2.45) is 0 Å². The molecule has 0 saturated heterocycles. The predicted octanol–water partition coefficient (Wildman–Crippen LogP) is 4.54. The lowest BCUT2D eigenvalue weighted by Crippen LogP contribution is -2.14. The fourth-order valence-electron chi connectivity index (χ4n) is 4.55.